The van der Waals surface area contributed by atoms with Crippen molar-refractivity contribution in [3.05, 3.63) is 23.3 Å². The third kappa shape index (κ3) is 3.47. The molecule has 1 amide bonds. The van der Waals surface area contributed by atoms with Crippen LogP contribution in [-0.4, -0.2) is 42.0 Å². The van der Waals surface area contributed by atoms with Gasteiger partial charge >= 0.3 is 0 Å². The number of hydrogen-bond donors (Lipinski definition) is 0. The maximum absolute atomic E-state index is 12.0. The van der Waals surface area contributed by atoms with Gasteiger partial charge in [-0.25, -0.2) is 4.98 Å². The molecule has 0 aliphatic rings. The first kappa shape index (κ1) is 16.9. The molecule has 1 aromatic heterocycles. The van der Waals surface area contributed by atoms with Crippen LogP contribution in [0, 0.1) is 13.8 Å². The fourth-order valence-electron chi connectivity index (χ4n) is 2.50. The van der Waals surface area contributed by atoms with E-state index >= 15 is 0 Å². The van der Waals surface area contributed by atoms with Gasteiger partial charge in [-0.2, -0.15) is 0 Å². The predicted molar refractivity (Wildman–Crippen MR) is 94.9 cm³/mol. The Morgan fingerprint density at radius 1 is 1.18 bits per heavy atom. The van der Waals surface area contributed by atoms with Crippen LogP contribution in [0.4, 0.5) is 5.13 Å². The largest absolute Gasteiger partial charge is 0.302 e. The van der Waals surface area contributed by atoms with Gasteiger partial charge in [0.15, 0.2) is 5.13 Å². The lowest BCUT2D eigenvalue weighted by atomic mass is 10.1. The summed E-state index contributed by atoms with van der Waals surface area (Å²) in [6.45, 7) is 13.7. The van der Waals surface area contributed by atoms with Gasteiger partial charge in [0.1, 0.15) is 0 Å². The lowest BCUT2D eigenvalue weighted by Crippen LogP contribution is -2.37. The Hall–Kier alpha value is -1.46. The third-order valence-corrected chi connectivity index (χ3v) is 5.26. The summed E-state index contributed by atoms with van der Waals surface area (Å²) in [5.74, 6) is 0.0561. The number of likely N-dealkylation sites (N-methyl/N-ethyl adjacent to an activating group) is 1. The molecule has 5 heteroatoms. The van der Waals surface area contributed by atoms with Crippen LogP contribution >= 0.6 is 11.3 Å². The maximum Gasteiger partial charge on any atom is 0.225 e. The van der Waals surface area contributed by atoms with Crippen molar-refractivity contribution in [3.63, 3.8) is 0 Å². The quantitative estimate of drug-likeness (QED) is 0.816. The highest BCUT2D eigenvalue weighted by atomic mass is 32.1. The van der Waals surface area contributed by atoms with Crippen LogP contribution in [0.3, 0.4) is 0 Å². The standard InChI is InChI=1S/C17H25N3OS/c1-6-19(7-2)10-11-20(14(5)21)17-18-16-13(4)12(3)8-9-15(16)22-17/h8-9H,6-7,10-11H2,1-5H3. The van der Waals surface area contributed by atoms with Crippen molar-refractivity contribution in [1.82, 2.24) is 9.88 Å². The second kappa shape index (κ2) is 7.20. The Balaban J connectivity index is 2.29. The van der Waals surface area contributed by atoms with E-state index in [0.717, 1.165) is 35.0 Å². The zero-order valence-electron chi connectivity index (χ0n) is 14.1. The van der Waals surface area contributed by atoms with Crippen molar-refractivity contribution in [2.45, 2.75) is 34.6 Å². The molecule has 0 radical (unpaired) electrons. The molecule has 2 rings (SSSR count). The molecule has 120 valence electrons. The van der Waals surface area contributed by atoms with Gasteiger partial charge in [-0.15, -0.1) is 0 Å². The average Bonchev–Trinajstić information content (AvgIpc) is 2.91. The highest BCUT2D eigenvalue weighted by Crippen LogP contribution is 2.31. The molecular formula is C17H25N3OS. The maximum atomic E-state index is 12.0. The molecule has 2 aromatic rings. The van der Waals surface area contributed by atoms with E-state index in [0.29, 0.717) is 6.54 Å². The Morgan fingerprint density at radius 2 is 1.86 bits per heavy atom. The van der Waals surface area contributed by atoms with E-state index in [1.165, 1.54) is 11.1 Å². The van der Waals surface area contributed by atoms with Crippen LogP contribution in [0.2, 0.25) is 0 Å². The Labute approximate surface area is 136 Å². The number of benzene rings is 1. The van der Waals surface area contributed by atoms with E-state index in [9.17, 15) is 4.79 Å². The molecule has 0 aliphatic carbocycles. The predicted octanol–water partition coefficient (Wildman–Crippen LogP) is 3.61. The van der Waals surface area contributed by atoms with Crippen LogP contribution in [0.15, 0.2) is 12.1 Å². The number of nitrogens with zero attached hydrogens (tertiary/aromatic N) is 3. The molecule has 0 aliphatic heterocycles. The van der Waals surface area contributed by atoms with Crippen molar-refractivity contribution >= 4 is 32.6 Å². The summed E-state index contributed by atoms with van der Waals surface area (Å²) < 4.78 is 1.15. The fraction of sp³-hybridized carbons (Fsp3) is 0.529. The number of amides is 1. The number of aryl methyl sites for hydroxylation is 2. The molecule has 0 N–H and O–H groups in total. The first-order chi connectivity index (χ1) is 10.5. The zero-order valence-corrected chi connectivity index (χ0v) is 15.0. The number of anilines is 1. The smallest absolute Gasteiger partial charge is 0.225 e. The second-order valence-corrected chi connectivity index (χ2v) is 6.56. The molecule has 0 fully saturated rings. The van der Waals surface area contributed by atoms with Crippen LogP contribution in [-0.2, 0) is 4.79 Å². The van der Waals surface area contributed by atoms with E-state index in [1.54, 1.807) is 23.2 Å². The molecule has 0 saturated heterocycles. The minimum Gasteiger partial charge on any atom is -0.302 e. The molecule has 0 unspecified atom stereocenters. The van der Waals surface area contributed by atoms with E-state index in [2.05, 4.69) is 44.7 Å². The van der Waals surface area contributed by atoms with Gasteiger partial charge < -0.3 is 4.90 Å². The van der Waals surface area contributed by atoms with Gasteiger partial charge in [-0.05, 0) is 44.1 Å². The van der Waals surface area contributed by atoms with Crippen molar-refractivity contribution in [2.75, 3.05) is 31.1 Å². The molecule has 0 atom stereocenters. The first-order valence-corrected chi connectivity index (χ1v) is 8.66. The summed E-state index contributed by atoms with van der Waals surface area (Å²) in [4.78, 5) is 20.9. The number of carbonyl (C=O) groups is 1. The summed E-state index contributed by atoms with van der Waals surface area (Å²) in [6, 6.07) is 4.22. The van der Waals surface area contributed by atoms with Crippen LogP contribution in [0.1, 0.15) is 31.9 Å². The van der Waals surface area contributed by atoms with Gasteiger partial charge in [-0.1, -0.05) is 31.3 Å². The Morgan fingerprint density at radius 3 is 2.45 bits per heavy atom. The van der Waals surface area contributed by atoms with Crippen LogP contribution in [0.5, 0.6) is 0 Å². The molecule has 1 heterocycles. The molecule has 1 aromatic carbocycles. The number of thiazole rings is 1. The van der Waals surface area contributed by atoms with E-state index in [-0.39, 0.29) is 5.91 Å². The topological polar surface area (TPSA) is 36.4 Å². The van der Waals surface area contributed by atoms with Gasteiger partial charge in [0, 0.05) is 20.0 Å². The van der Waals surface area contributed by atoms with Crippen molar-refractivity contribution < 1.29 is 4.79 Å². The van der Waals surface area contributed by atoms with Crippen molar-refractivity contribution in [2.24, 2.45) is 0 Å². The summed E-state index contributed by atoms with van der Waals surface area (Å²) >= 11 is 1.60. The molecule has 22 heavy (non-hydrogen) atoms. The van der Waals surface area contributed by atoms with Gasteiger partial charge in [0.05, 0.1) is 10.2 Å². The van der Waals surface area contributed by atoms with E-state index < -0.39 is 0 Å². The average molecular weight is 319 g/mol. The fourth-order valence-corrected chi connectivity index (χ4v) is 3.59. The normalized spacial score (nSPS) is 11.4. The minimum atomic E-state index is 0.0561. The van der Waals surface area contributed by atoms with Gasteiger partial charge in [0.2, 0.25) is 5.91 Å². The molecule has 4 nitrogen and oxygen atoms in total. The van der Waals surface area contributed by atoms with Gasteiger partial charge in [-0.3, -0.25) is 9.69 Å². The Kier molecular flexibility index (Phi) is 5.53. The number of aromatic nitrogens is 1. The second-order valence-electron chi connectivity index (χ2n) is 5.55. The highest BCUT2D eigenvalue weighted by molar-refractivity contribution is 7.22. The van der Waals surface area contributed by atoms with Gasteiger partial charge in [0.25, 0.3) is 0 Å². The number of rotatable bonds is 6. The zero-order chi connectivity index (χ0) is 16.3. The van der Waals surface area contributed by atoms with E-state index in [1.807, 2.05) is 0 Å². The summed E-state index contributed by atoms with van der Waals surface area (Å²) in [5, 5.41) is 0.809. The number of fused-ring (bicyclic) bond motifs is 1. The minimum absolute atomic E-state index is 0.0561. The summed E-state index contributed by atoms with van der Waals surface area (Å²) in [5.41, 5.74) is 3.46. The van der Waals surface area contributed by atoms with Crippen LogP contribution in [0.25, 0.3) is 10.2 Å². The monoisotopic (exact) mass is 319 g/mol. The molecular weight excluding hydrogens is 294 g/mol. The number of hydrogen-bond acceptors (Lipinski definition) is 4. The van der Waals surface area contributed by atoms with Crippen molar-refractivity contribution in [1.29, 1.82) is 0 Å². The molecule has 0 bridgehead atoms. The Bertz CT molecular complexity index is 661. The first-order valence-electron chi connectivity index (χ1n) is 7.85. The summed E-state index contributed by atoms with van der Waals surface area (Å²) in [6.07, 6.45) is 0. The summed E-state index contributed by atoms with van der Waals surface area (Å²) in [7, 11) is 0. The highest BCUT2D eigenvalue weighted by Gasteiger charge is 2.18. The number of carbonyl (C=O) groups excluding carboxylic acids is 1. The lowest BCUT2D eigenvalue weighted by Gasteiger charge is -2.23. The third-order valence-electron chi connectivity index (χ3n) is 4.22. The van der Waals surface area contributed by atoms with Crippen molar-refractivity contribution in [3.8, 4) is 0 Å². The van der Waals surface area contributed by atoms with E-state index in [4.69, 9.17) is 4.98 Å². The SMILES string of the molecule is CCN(CC)CCN(C(C)=O)c1nc2c(C)c(C)ccc2s1. The molecule has 0 saturated carbocycles. The van der Waals surface area contributed by atoms with Crippen LogP contribution < -0.4 is 4.90 Å². The molecule has 0 spiro atoms. The lowest BCUT2D eigenvalue weighted by molar-refractivity contribution is -0.116.